The van der Waals surface area contributed by atoms with Gasteiger partial charge in [0, 0.05) is 39.1 Å². The molecule has 3 heteroatoms. The van der Waals surface area contributed by atoms with Crippen molar-refractivity contribution < 1.29 is 4.74 Å². The second kappa shape index (κ2) is 7.89. The third kappa shape index (κ3) is 2.63. The molecule has 0 bridgehead atoms. The van der Waals surface area contributed by atoms with Crippen LogP contribution < -0.4 is 4.74 Å². The predicted octanol–water partition coefficient (Wildman–Crippen LogP) is 7.90. The van der Waals surface area contributed by atoms with Crippen LogP contribution in [0.25, 0.3) is 21.8 Å². The van der Waals surface area contributed by atoms with Gasteiger partial charge in [-0.3, -0.25) is 0 Å². The van der Waals surface area contributed by atoms with Gasteiger partial charge in [-0.25, -0.2) is 0 Å². The van der Waals surface area contributed by atoms with Crippen LogP contribution in [0.3, 0.4) is 0 Å². The zero-order valence-corrected chi connectivity index (χ0v) is 20.5. The minimum Gasteiger partial charge on any atom is -0.496 e. The first-order valence-electron chi connectivity index (χ1n) is 12.7. The minimum absolute atomic E-state index is 0.233. The number of hydrogen-bond acceptors (Lipinski definition) is 1. The summed E-state index contributed by atoms with van der Waals surface area (Å²) in [5.41, 5.74) is 9.46. The maximum atomic E-state index is 5.95. The molecule has 1 aliphatic carbocycles. The van der Waals surface area contributed by atoms with Crippen molar-refractivity contribution in [1.82, 2.24) is 9.97 Å². The molecule has 2 aromatic heterocycles. The summed E-state index contributed by atoms with van der Waals surface area (Å²) in [5, 5.41) is 2.49. The molecule has 0 amide bonds. The summed E-state index contributed by atoms with van der Waals surface area (Å²) < 4.78 is 5.95. The van der Waals surface area contributed by atoms with Gasteiger partial charge in [0.2, 0.25) is 0 Å². The van der Waals surface area contributed by atoms with E-state index >= 15 is 0 Å². The zero-order chi connectivity index (χ0) is 24.3. The second-order valence-corrected chi connectivity index (χ2v) is 9.70. The lowest BCUT2D eigenvalue weighted by Gasteiger charge is -2.41. The van der Waals surface area contributed by atoms with Crippen molar-refractivity contribution in [2.45, 2.75) is 24.7 Å². The molecule has 0 fully saturated rings. The molecule has 176 valence electrons. The first kappa shape index (κ1) is 21.1. The molecule has 0 spiro atoms. The van der Waals surface area contributed by atoms with Crippen LogP contribution in [0.4, 0.5) is 0 Å². The van der Waals surface area contributed by atoms with Crippen LogP contribution >= 0.6 is 0 Å². The molecule has 2 N–H and O–H groups in total. The van der Waals surface area contributed by atoms with Gasteiger partial charge in [-0.2, -0.15) is 0 Å². The van der Waals surface area contributed by atoms with Gasteiger partial charge in [0.15, 0.2) is 0 Å². The summed E-state index contributed by atoms with van der Waals surface area (Å²) in [6, 6.07) is 36.9. The van der Waals surface area contributed by atoms with E-state index in [1.165, 1.54) is 49.9 Å². The molecule has 6 aromatic rings. The number of fused-ring (bicyclic) bond motifs is 6. The van der Waals surface area contributed by atoms with Crippen LogP contribution in [0, 0.1) is 0 Å². The van der Waals surface area contributed by atoms with E-state index in [2.05, 4.69) is 120 Å². The maximum Gasteiger partial charge on any atom is 0.128 e. The average Bonchev–Trinajstić information content (AvgIpc) is 3.52. The Hall–Kier alpha value is -4.24. The Labute approximate surface area is 210 Å². The van der Waals surface area contributed by atoms with Crippen molar-refractivity contribution in [1.29, 1.82) is 0 Å². The van der Waals surface area contributed by atoms with Gasteiger partial charge in [0.25, 0.3) is 0 Å². The minimum atomic E-state index is -0.526. The number of ether oxygens (including phenoxy) is 1. The van der Waals surface area contributed by atoms with Gasteiger partial charge in [0.05, 0.1) is 7.11 Å². The smallest absolute Gasteiger partial charge is 0.128 e. The molecule has 0 saturated heterocycles. The summed E-state index contributed by atoms with van der Waals surface area (Å²) in [5.74, 6) is 1.15. The lowest BCUT2D eigenvalue weighted by Crippen LogP contribution is -2.37. The van der Waals surface area contributed by atoms with E-state index in [9.17, 15) is 0 Å². The van der Waals surface area contributed by atoms with Gasteiger partial charge in [-0.05, 0) is 46.9 Å². The Kier molecular flexibility index (Phi) is 4.62. The quantitative estimate of drug-likeness (QED) is 0.271. The lowest BCUT2D eigenvalue weighted by atomic mass is 9.61. The highest BCUT2D eigenvalue weighted by Crippen LogP contribution is 2.58. The Balaban J connectivity index is 1.75. The van der Waals surface area contributed by atoms with Crippen molar-refractivity contribution in [2.24, 2.45) is 0 Å². The summed E-state index contributed by atoms with van der Waals surface area (Å²) in [6.07, 6.45) is 0.993. The van der Waals surface area contributed by atoms with E-state index in [0.29, 0.717) is 0 Å². The first-order valence-corrected chi connectivity index (χ1v) is 12.7. The fourth-order valence-electron chi connectivity index (χ4n) is 6.67. The molecule has 2 heterocycles. The van der Waals surface area contributed by atoms with E-state index in [0.717, 1.165) is 17.7 Å². The molecule has 0 radical (unpaired) electrons. The summed E-state index contributed by atoms with van der Waals surface area (Å²) in [4.78, 5) is 7.86. The van der Waals surface area contributed by atoms with E-state index < -0.39 is 5.41 Å². The number of aromatic amines is 2. The molecular formula is C33H28N2O. The van der Waals surface area contributed by atoms with Gasteiger partial charge in [-0.1, -0.05) is 91.9 Å². The first-order chi connectivity index (χ1) is 17.8. The maximum absolute atomic E-state index is 5.95. The predicted molar refractivity (Wildman–Crippen MR) is 147 cm³/mol. The van der Waals surface area contributed by atoms with Crippen molar-refractivity contribution in [3.05, 3.63) is 137 Å². The van der Waals surface area contributed by atoms with Crippen LogP contribution in [0.5, 0.6) is 5.75 Å². The Morgan fingerprint density at radius 2 is 1.25 bits per heavy atom. The Morgan fingerprint density at radius 3 is 1.92 bits per heavy atom. The molecule has 1 aliphatic rings. The fraction of sp³-hybridized carbons (Fsp3) is 0.152. The topological polar surface area (TPSA) is 40.8 Å². The SMILES string of the molecule is CCC1c2c([nH]c3ccccc23)C(c2ccccc2)(c2ccccc2)c2[nH]c3cccc(OC)c3c21. The zero-order valence-electron chi connectivity index (χ0n) is 20.5. The normalized spacial score (nSPS) is 16.1. The summed E-state index contributed by atoms with van der Waals surface area (Å²) in [7, 11) is 1.77. The number of rotatable bonds is 4. The van der Waals surface area contributed by atoms with Crippen molar-refractivity contribution in [3.63, 3.8) is 0 Å². The molecule has 1 unspecified atom stereocenters. The number of para-hydroxylation sites is 1. The third-order valence-corrected chi connectivity index (χ3v) is 8.06. The number of nitrogens with one attached hydrogen (secondary N) is 2. The van der Waals surface area contributed by atoms with E-state index in [1.54, 1.807) is 7.11 Å². The average molecular weight is 469 g/mol. The molecule has 4 aromatic carbocycles. The molecule has 3 nitrogen and oxygen atoms in total. The number of H-pyrrole nitrogens is 2. The van der Waals surface area contributed by atoms with Crippen LogP contribution in [-0.2, 0) is 5.41 Å². The highest BCUT2D eigenvalue weighted by Gasteiger charge is 2.50. The number of aromatic nitrogens is 2. The van der Waals surface area contributed by atoms with Crippen molar-refractivity contribution in [3.8, 4) is 5.75 Å². The molecule has 0 saturated carbocycles. The van der Waals surface area contributed by atoms with Crippen molar-refractivity contribution >= 4 is 21.8 Å². The van der Waals surface area contributed by atoms with Crippen LogP contribution in [0.2, 0.25) is 0 Å². The molecule has 0 aliphatic heterocycles. The van der Waals surface area contributed by atoms with E-state index in [1.807, 2.05) is 0 Å². The standard InChI is InChI=1S/C33H28N2O/c1-3-23-28-24-17-10-11-18-25(24)34-31(28)33(21-13-6-4-7-14-21,22-15-8-5-9-16-22)32-29(23)30-26(35-32)19-12-20-27(30)36-2/h4-20,23,34-35H,3H2,1-2H3. The highest BCUT2D eigenvalue weighted by molar-refractivity contribution is 5.97. The summed E-state index contributed by atoms with van der Waals surface area (Å²) >= 11 is 0. The van der Waals surface area contributed by atoms with Crippen molar-refractivity contribution in [2.75, 3.05) is 7.11 Å². The second-order valence-electron chi connectivity index (χ2n) is 9.70. The number of hydrogen-bond donors (Lipinski definition) is 2. The number of benzene rings is 4. The highest BCUT2D eigenvalue weighted by atomic mass is 16.5. The molecular weight excluding hydrogens is 440 g/mol. The van der Waals surface area contributed by atoms with Gasteiger partial charge in [-0.15, -0.1) is 0 Å². The van der Waals surface area contributed by atoms with Gasteiger partial charge >= 0.3 is 0 Å². The molecule has 7 rings (SSSR count). The molecule has 36 heavy (non-hydrogen) atoms. The van der Waals surface area contributed by atoms with Crippen LogP contribution in [0.1, 0.15) is 52.9 Å². The van der Waals surface area contributed by atoms with Gasteiger partial charge in [0.1, 0.15) is 11.2 Å². The monoisotopic (exact) mass is 468 g/mol. The largest absolute Gasteiger partial charge is 0.496 e. The van der Waals surface area contributed by atoms with E-state index in [4.69, 9.17) is 4.74 Å². The Morgan fingerprint density at radius 1 is 0.667 bits per heavy atom. The van der Waals surface area contributed by atoms with E-state index in [-0.39, 0.29) is 5.92 Å². The summed E-state index contributed by atoms with van der Waals surface area (Å²) in [6.45, 7) is 2.30. The lowest BCUT2D eigenvalue weighted by molar-refractivity contribution is 0.419. The Bertz CT molecular complexity index is 1670. The van der Waals surface area contributed by atoms with Crippen LogP contribution in [-0.4, -0.2) is 17.1 Å². The number of methoxy groups -OCH3 is 1. The molecule has 1 atom stereocenters. The third-order valence-electron chi connectivity index (χ3n) is 8.06. The van der Waals surface area contributed by atoms with Crippen LogP contribution in [0.15, 0.2) is 103 Å². The van der Waals surface area contributed by atoms with Gasteiger partial charge < -0.3 is 14.7 Å². The fourth-order valence-corrected chi connectivity index (χ4v) is 6.67.